The largest absolute Gasteiger partial charge is 0.472 e. The predicted octanol–water partition coefficient (Wildman–Crippen LogP) is 16.7. The Morgan fingerprint density at radius 1 is 0.413 bits per heavy atom. The molecule has 0 fully saturated rings. The van der Waals surface area contributed by atoms with Crippen molar-refractivity contribution >= 4 is 19.8 Å². The van der Waals surface area contributed by atoms with Gasteiger partial charge in [-0.25, -0.2) is 4.57 Å². The summed E-state index contributed by atoms with van der Waals surface area (Å²) in [5, 5.41) is 0. The van der Waals surface area contributed by atoms with E-state index in [4.69, 9.17) is 24.3 Å². The summed E-state index contributed by atoms with van der Waals surface area (Å²) in [4.78, 5) is 35.0. The van der Waals surface area contributed by atoms with E-state index in [-0.39, 0.29) is 38.6 Å². The van der Waals surface area contributed by atoms with Crippen LogP contribution in [0.15, 0.2) is 0 Å². The number of unbranched alkanes of at least 4 members (excludes halogenated alkanes) is 40. The molecule has 10 heteroatoms. The Labute approximate surface area is 390 Å². The molecular formula is C53H106NO8P. The van der Waals surface area contributed by atoms with E-state index in [1.807, 2.05) is 0 Å². The second-order valence-corrected chi connectivity index (χ2v) is 20.3. The molecule has 0 aliphatic rings. The highest BCUT2D eigenvalue weighted by atomic mass is 31.2. The van der Waals surface area contributed by atoms with Crippen molar-refractivity contribution in [2.75, 3.05) is 26.4 Å². The first-order valence-electron chi connectivity index (χ1n) is 27.5. The molecule has 3 N–H and O–H groups in total. The lowest BCUT2D eigenvalue weighted by Gasteiger charge is -2.19. The third-order valence-electron chi connectivity index (χ3n) is 12.5. The first kappa shape index (κ1) is 62.0. The number of ether oxygens (including phenoxy) is 2. The van der Waals surface area contributed by atoms with E-state index in [0.29, 0.717) is 6.42 Å². The van der Waals surface area contributed by atoms with Crippen LogP contribution in [0.2, 0.25) is 0 Å². The van der Waals surface area contributed by atoms with Crippen molar-refractivity contribution in [2.24, 2.45) is 5.73 Å². The van der Waals surface area contributed by atoms with Crippen LogP contribution >= 0.6 is 7.82 Å². The minimum atomic E-state index is -4.37. The van der Waals surface area contributed by atoms with Gasteiger partial charge < -0.3 is 20.1 Å². The fourth-order valence-corrected chi connectivity index (χ4v) is 9.17. The van der Waals surface area contributed by atoms with E-state index in [9.17, 15) is 19.0 Å². The number of esters is 2. The Morgan fingerprint density at radius 3 is 0.968 bits per heavy atom. The van der Waals surface area contributed by atoms with E-state index >= 15 is 0 Å². The van der Waals surface area contributed by atoms with Crippen molar-refractivity contribution in [3.63, 3.8) is 0 Å². The number of carbonyl (C=O) groups is 2. The summed E-state index contributed by atoms with van der Waals surface area (Å²) in [5.41, 5.74) is 5.37. The lowest BCUT2D eigenvalue weighted by molar-refractivity contribution is -0.161. The Hall–Kier alpha value is -0.990. The van der Waals surface area contributed by atoms with Crippen LogP contribution in [0.4, 0.5) is 0 Å². The van der Waals surface area contributed by atoms with Gasteiger partial charge in [-0.3, -0.25) is 18.6 Å². The average Bonchev–Trinajstić information content (AvgIpc) is 3.27. The topological polar surface area (TPSA) is 134 Å². The van der Waals surface area contributed by atoms with Crippen molar-refractivity contribution in [2.45, 2.75) is 302 Å². The molecule has 0 heterocycles. The Morgan fingerprint density at radius 2 is 0.683 bits per heavy atom. The van der Waals surface area contributed by atoms with Gasteiger partial charge in [0, 0.05) is 19.4 Å². The highest BCUT2D eigenvalue weighted by Gasteiger charge is 2.26. The molecule has 0 saturated carbocycles. The van der Waals surface area contributed by atoms with Gasteiger partial charge in [-0.05, 0) is 12.8 Å². The highest BCUT2D eigenvalue weighted by molar-refractivity contribution is 7.47. The normalized spacial score (nSPS) is 13.0. The monoisotopic (exact) mass is 916 g/mol. The molecule has 9 nitrogen and oxygen atoms in total. The van der Waals surface area contributed by atoms with Crippen LogP contribution in [0.3, 0.4) is 0 Å². The lowest BCUT2D eigenvalue weighted by atomic mass is 10.0. The number of phosphoric acid groups is 1. The Kier molecular flexibility index (Phi) is 49.6. The molecule has 2 unspecified atom stereocenters. The van der Waals surface area contributed by atoms with Crippen LogP contribution in [0.25, 0.3) is 0 Å². The zero-order valence-corrected chi connectivity index (χ0v) is 42.7. The van der Waals surface area contributed by atoms with E-state index in [2.05, 4.69) is 13.8 Å². The van der Waals surface area contributed by atoms with Gasteiger partial charge in [-0.2, -0.15) is 0 Å². The smallest absolute Gasteiger partial charge is 0.462 e. The summed E-state index contributed by atoms with van der Waals surface area (Å²) in [6.07, 6.45) is 54.6. The van der Waals surface area contributed by atoms with E-state index < -0.39 is 26.5 Å². The number of hydrogen-bond acceptors (Lipinski definition) is 8. The Bertz CT molecular complexity index is 1000. The minimum Gasteiger partial charge on any atom is -0.462 e. The highest BCUT2D eigenvalue weighted by Crippen LogP contribution is 2.43. The van der Waals surface area contributed by atoms with Gasteiger partial charge in [0.25, 0.3) is 0 Å². The van der Waals surface area contributed by atoms with Gasteiger partial charge >= 0.3 is 19.8 Å². The zero-order valence-electron chi connectivity index (χ0n) is 41.8. The molecule has 0 aromatic carbocycles. The van der Waals surface area contributed by atoms with Crippen LogP contribution in [-0.4, -0.2) is 49.3 Å². The van der Waals surface area contributed by atoms with Crippen molar-refractivity contribution in [1.82, 2.24) is 0 Å². The maximum Gasteiger partial charge on any atom is 0.472 e. The first-order chi connectivity index (χ1) is 30.8. The quantitative estimate of drug-likeness (QED) is 0.0347. The molecule has 0 bridgehead atoms. The number of phosphoric ester groups is 1. The van der Waals surface area contributed by atoms with E-state index in [1.54, 1.807) is 0 Å². The third kappa shape index (κ3) is 50.3. The molecular weight excluding hydrogens is 810 g/mol. The standard InChI is InChI=1S/C53H106NO8P/c1-3-5-7-9-11-13-15-17-18-19-20-21-22-23-24-25-26-27-28-29-30-31-32-33-34-36-38-40-42-44-46-53(56)62-51(50-61-63(57,58)60-48-47-54)49-59-52(55)45-43-41-39-37-35-16-14-12-10-8-6-4-2/h51H,3-50,54H2,1-2H3,(H,57,58). The summed E-state index contributed by atoms with van der Waals surface area (Å²) >= 11 is 0. The summed E-state index contributed by atoms with van der Waals surface area (Å²) in [5.74, 6) is -0.808. The van der Waals surface area contributed by atoms with Crippen LogP contribution in [0.5, 0.6) is 0 Å². The Balaban J connectivity index is 3.82. The molecule has 0 saturated heterocycles. The number of carbonyl (C=O) groups excluding carboxylic acids is 2. The summed E-state index contributed by atoms with van der Waals surface area (Å²) in [6.45, 7) is 3.79. The number of nitrogens with two attached hydrogens (primary N) is 1. The van der Waals surface area contributed by atoms with E-state index in [1.165, 1.54) is 231 Å². The van der Waals surface area contributed by atoms with Crippen LogP contribution in [-0.2, 0) is 32.7 Å². The first-order valence-corrected chi connectivity index (χ1v) is 29.0. The van der Waals surface area contributed by atoms with E-state index in [0.717, 1.165) is 32.1 Å². The van der Waals surface area contributed by atoms with Crippen LogP contribution in [0, 0.1) is 0 Å². The fourth-order valence-electron chi connectivity index (χ4n) is 8.40. The molecule has 0 radical (unpaired) electrons. The lowest BCUT2D eigenvalue weighted by Crippen LogP contribution is -2.29. The number of hydrogen-bond donors (Lipinski definition) is 2. The summed E-state index contributed by atoms with van der Waals surface area (Å²) < 4.78 is 32.9. The number of rotatable bonds is 53. The zero-order chi connectivity index (χ0) is 46.0. The average molecular weight is 916 g/mol. The SMILES string of the molecule is CCCCCCCCCCCCCCCCCCCCCCCCCCCCCCCCC(=O)OC(COC(=O)CCCCCCCCCCCCCC)COP(=O)(O)OCCN. The molecule has 376 valence electrons. The second kappa shape index (κ2) is 50.4. The minimum absolute atomic E-state index is 0.0583. The van der Waals surface area contributed by atoms with Crippen LogP contribution < -0.4 is 5.73 Å². The third-order valence-corrected chi connectivity index (χ3v) is 13.5. The molecule has 0 amide bonds. The van der Waals surface area contributed by atoms with Gasteiger partial charge in [0.15, 0.2) is 6.10 Å². The van der Waals surface area contributed by atoms with Gasteiger partial charge in [-0.15, -0.1) is 0 Å². The molecule has 0 aromatic rings. The molecule has 0 aromatic heterocycles. The molecule has 2 atom stereocenters. The van der Waals surface area contributed by atoms with Crippen molar-refractivity contribution in [3.8, 4) is 0 Å². The molecule has 63 heavy (non-hydrogen) atoms. The molecule has 0 rings (SSSR count). The van der Waals surface area contributed by atoms with Gasteiger partial charge in [-0.1, -0.05) is 271 Å². The van der Waals surface area contributed by atoms with Crippen molar-refractivity contribution in [1.29, 1.82) is 0 Å². The van der Waals surface area contributed by atoms with Crippen LogP contribution in [0.1, 0.15) is 296 Å². The second-order valence-electron chi connectivity index (χ2n) is 18.8. The maximum atomic E-state index is 12.7. The summed E-state index contributed by atoms with van der Waals surface area (Å²) in [6, 6.07) is 0. The maximum absolute atomic E-state index is 12.7. The predicted molar refractivity (Wildman–Crippen MR) is 266 cm³/mol. The van der Waals surface area contributed by atoms with Gasteiger partial charge in [0.2, 0.25) is 0 Å². The van der Waals surface area contributed by atoms with Gasteiger partial charge in [0.1, 0.15) is 6.61 Å². The van der Waals surface area contributed by atoms with Gasteiger partial charge in [0.05, 0.1) is 13.2 Å². The molecule has 0 aliphatic carbocycles. The fraction of sp³-hybridized carbons (Fsp3) is 0.962. The van der Waals surface area contributed by atoms with Crippen molar-refractivity contribution < 1.29 is 37.6 Å². The summed E-state index contributed by atoms with van der Waals surface area (Å²) in [7, 11) is -4.37. The molecule has 0 spiro atoms. The molecule has 0 aliphatic heterocycles. The van der Waals surface area contributed by atoms with Crippen molar-refractivity contribution in [3.05, 3.63) is 0 Å².